The fourth-order valence-electron chi connectivity index (χ4n) is 3.12. The van der Waals surface area contributed by atoms with Crippen LogP contribution in [0.15, 0.2) is 18.2 Å². The first-order valence-corrected chi connectivity index (χ1v) is 8.34. The summed E-state index contributed by atoms with van der Waals surface area (Å²) in [6.45, 7) is 1.90. The minimum absolute atomic E-state index is 0.130. The van der Waals surface area contributed by atoms with Gasteiger partial charge in [0.15, 0.2) is 0 Å². The Bertz CT molecular complexity index is 590. The van der Waals surface area contributed by atoms with Crippen molar-refractivity contribution < 1.29 is 19.4 Å². The molecule has 1 amide bonds. The first-order chi connectivity index (χ1) is 11.0. The molecule has 1 heterocycles. The number of carbonyl (C=O) groups excluding carboxylic acids is 1. The number of nitrogens with zero attached hydrogens (tertiary/aromatic N) is 1. The summed E-state index contributed by atoms with van der Waals surface area (Å²) >= 11 is 6.24. The maximum absolute atomic E-state index is 12.6. The molecule has 2 fully saturated rings. The fraction of sp³-hybridized carbons (Fsp3) is 0.588. The number of aliphatic hydroxyl groups is 1. The molecule has 5 nitrogen and oxygen atoms in total. The van der Waals surface area contributed by atoms with Crippen LogP contribution in [0.1, 0.15) is 29.6 Å². The van der Waals surface area contributed by atoms with E-state index in [1.807, 2.05) is 0 Å². The van der Waals surface area contributed by atoms with Crippen LogP contribution in [0.2, 0.25) is 5.02 Å². The first-order valence-electron chi connectivity index (χ1n) is 7.96. The number of methoxy groups -OCH3 is 1. The van der Waals surface area contributed by atoms with Crippen molar-refractivity contribution in [2.24, 2.45) is 5.92 Å². The summed E-state index contributed by atoms with van der Waals surface area (Å²) in [5, 5.41) is 10.9. The average Bonchev–Trinajstić information content (AvgIpc) is 3.31. The van der Waals surface area contributed by atoms with E-state index >= 15 is 0 Å². The lowest BCUT2D eigenvalue weighted by atomic mass is 9.97. The van der Waals surface area contributed by atoms with Gasteiger partial charge in [-0.15, -0.1) is 0 Å². The molecule has 6 heteroatoms. The zero-order valence-corrected chi connectivity index (χ0v) is 14.0. The lowest BCUT2D eigenvalue weighted by Gasteiger charge is -2.23. The second kappa shape index (κ2) is 6.67. The van der Waals surface area contributed by atoms with E-state index in [0.717, 1.165) is 12.8 Å². The van der Waals surface area contributed by atoms with Crippen LogP contribution in [-0.2, 0) is 4.74 Å². The molecular weight excluding hydrogens is 318 g/mol. The molecule has 1 saturated heterocycles. The molecule has 0 radical (unpaired) electrons. The van der Waals surface area contributed by atoms with E-state index in [-0.39, 0.29) is 5.91 Å². The number of hydrogen-bond acceptors (Lipinski definition) is 4. The van der Waals surface area contributed by atoms with Crippen molar-refractivity contribution in [1.29, 1.82) is 0 Å². The number of rotatable bonds is 6. The Kier molecular flexibility index (Phi) is 4.80. The van der Waals surface area contributed by atoms with Crippen LogP contribution < -0.4 is 4.74 Å². The van der Waals surface area contributed by atoms with Crippen molar-refractivity contribution in [3.63, 3.8) is 0 Å². The van der Waals surface area contributed by atoms with Crippen molar-refractivity contribution in [1.82, 2.24) is 4.90 Å². The molecule has 1 atom stereocenters. The summed E-state index contributed by atoms with van der Waals surface area (Å²) < 4.78 is 10.4. The predicted octanol–water partition coefficient (Wildman–Crippen LogP) is 2.35. The Balaban J connectivity index is 1.65. The smallest absolute Gasteiger partial charge is 0.255 e. The highest BCUT2D eigenvalue weighted by Crippen LogP contribution is 2.44. The highest BCUT2D eigenvalue weighted by Gasteiger charge is 2.49. The Morgan fingerprint density at radius 2 is 2.22 bits per heavy atom. The first kappa shape index (κ1) is 16.6. The van der Waals surface area contributed by atoms with E-state index in [4.69, 9.17) is 21.1 Å². The van der Waals surface area contributed by atoms with Gasteiger partial charge in [-0.2, -0.15) is 0 Å². The normalized spacial score (nSPS) is 24.0. The predicted molar refractivity (Wildman–Crippen MR) is 87.0 cm³/mol. The second-order valence-corrected chi connectivity index (χ2v) is 6.74. The highest BCUT2D eigenvalue weighted by atomic mass is 35.5. The van der Waals surface area contributed by atoms with Crippen LogP contribution in [-0.4, -0.2) is 54.9 Å². The van der Waals surface area contributed by atoms with Gasteiger partial charge in [-0.1, -0.05) is 11.6 Å². The molecule has 1 unspecified atom stereocenters. The standard InChI is InChI=1S/C17H22ClNO4/c1-22-8-9-23-13-4-5-14(15(18)10-13)16(20)19-7-6-17(21,11-19)12-2-3-12/h4-5,10,12,21H,2-3,6-9,11H2,1H3. The van der Waals surface area contributed by atoms with Crippen LogP contribution in [0.5, 0.6) is 5.75 Å². The van der Waals surface area contributed by atoms with Gasteiger partial charge < -0.3 is 19.5 Å². The molecule has 0 bridgehead atoms. The van der Waals surface area contributed by atoms with Gasteiger partial charge in [0.05, 0.1) is 29.3 Å². The summed E-state index contributed by atoms with van der Waals surface area (Å²) in [6.07, 6.45) is 2.78. The summed E-state index contributed by atoms with van der Waals surface area (Å²) in [5.41, 5.74) is -0.253. The summed E-state index contributed by atoms with van der Waals surface area (Å²) in [7, 11) is 1.61. The average molecular weight is 340 g/mol. The van der Waals surface area contributed by atoms with Crippen molar-refractivity contribution in [2.45, 2.75) is 24.9 Å². The van der Waals surface area contributed by atoms with Gasteiger partial charge >= 0.3 is 0 Å². The largest absolute Gasteiger partial charge is 0.491 e. The van der Waals surface area contributed by atoms with Gasteiger partial charge in [0.1, 0.15) is 12.4 Å². The summed E-state index contributed by atoms with van der Waals surface area (Å²) in [4.78, 5) is 14.3. The summed E-state index contributed by atoms with van der Waals surface area (Å²) in [5.74, 6) is 0.835. The Hall–Kier alpha value is -1.30. The number of amides is 1. The Morgan fingerprint density at radius 3 is 2.87 bits per heavy atom. The van der Waals surface area contributed by atoms with E-state index < -0.39 is 5.60 Å². The van der Waals surface area contributed by atoms with E-state index in [9.17, 15) is 9.90 Å². The number of carbonyl (C=O) groups is 1. The molecule has 2 aliphatic rings. The fourth-order valence-corrected chi connectivity index (χ4v) is 3.37. The van der Waals surface area contributed by atoms with Crippen LogP contribution in [0.4, 0.5) is 0 Å². The quantitative estimate of drug-likeness (QED) is 0.808. The third kappa shape index (κ3) is 3.62. The Labute approximate surface area is 141 Å². The van der Waals surface area contributed by atoms with Gasteiger partial charge in [-0.25, -0.2) is 0 Å². The zero-order valence-electron chi connectivity index (χ0n) is 13.3. The van der Waals surface area contributed by atoms with Crippen LogP contribution >= 0.6 is 11.6 Å². The molecule has 3 rings (SSSR count). The Morgan fingerprint density at radius 1 is 1.43 bits per heavy atom. The third-order valence-corrected chi connectivity index (χ3v) is 4.94. The highest BCUT2D eigenvalue weighted by molar-refractivity contribution is 6.34. The van der Waals surface area contributed by atoms with Gasteiger partial charge in [-0.3, -0.25) is 4.79 Å². The number of halogens is 1. The molecule has 126 valence electrons. The number of likely N-dealkylation sites (tertiary alicyclic amines) is 1. The SMILES string of the molecule is COCCOc1ccc(C(=O)N2CCC(O)(C3CC3)C2)c(Cl)c1. The van der Waals surface area contributed by atoms with Crippen molar-refractivity contribution in [3.8, 4) is 5.75 Å². The van der Waals surface area contributed by atoms with E-state index in [0.29, 0.717) is 55.0 Å². The zero-order chi connectivity index (χ0) is 16.4. The minimum Gasteiger partial charge on any atom is -0.491 e. The molecule has 1 N–H and O–H groups in total. The van der Waals surface area contributed by atoms with Gasteiger partial charge in [0.2, 0.25) is 0 Å². The van der Waals surface area contributed by atoms with Crippen molar-refractivity contribution >= 4 is 17.5 Å². The molecule has 1 aromatic carbocycles. The van der Waals surface area contributed by atoms with Crippen molar-refractivity contribution in [2.75, 3.05) is 33.4 Å². The second-order valence-electron chi connectivity index (χ2n) is 6.34. The molecule has 1 aliphatic carbocycles. The van der Waals surface area contributed by atoms with Gasteiger partial charge in [-0.05, 0) is 43.4 Å². The number of β-amino-alcohol motifs (C(OH)–C–C–N with tert-alkyl or cyclic N) is 1. The van der Waals surface area contributed by atoms with E-state index in [1.165, 1.54) is 0 Å². The molecular formula is C17H22ClNO4. The van der Waals surface area contributed by atoms with Crippen molar-refractivity contribution in [3.05, 3.63) is 28.8 Å². The van der Waals surface area contributed by atoms with Crippen LogP contribution in [0.25, 0.3) is 0 Å². The van der Waals surface area contributed by atoms with Gasteiger partial charge in [0.25, 0.3) is 5.91 Å². The lowest BCUT2D eigenvalue weighted by molar-refractivity contribution is 0.0257. The van der Waals surface area contributed by atoms with Gasteiger partial charge in [0, 0.05) is 13.7 Å². The molecule has 1 aliphatic heterocycles. The molecule has 0 spiro atoms. The third-order valence-electron chi connectivity index (χ3n) is 4.63. The maximum Gasteiger partial charge on any atom is 0.255 e. The molecule has 1 saturated carbocycles. The lowest BCUT2D eigenvalue weighted by Crippen LogP contribution is -2.37. The number of hydrogen-bond donors (Lipinski definition) is 1. The topological polar surface area (TPSA) is 59.0 Å². The summed E-state index contributed by atoms with van der Waals surface area (Å²) in [6, 6.07) is 5.06. The van der Waals surface area contributed by atoms with Crippen LogP contribution in [0.3, 0.4) is 0 Å². The maximum atomic E-state index is 12.6. The van der Waals surface area contributed by atoms with E-state index in [1.54, 1.807) is 30.2 Å². The number of ether oxygens (including phenoxy) is 2. The minimum atomic E-state index is -0.703. The van der Waals surface area contributed by atoms with E-state index in [2.05, 4.69) is 0 Å². The molecule has 23 heavy (non-hydrogen) atoms. The molecule has 0 aromatic heterocycles. The number of benzene rings is 1. The van der Waals surface area contributed by atoms with Crippen LogP contribution in [0, 0.1) is 5.92 Å². The molecule has 1 aromatic rings. The monoisotopic (exact) mass is 339 g/mol.